The van der Waals surface area contributed by atoms with Crippen LogP contribution in [0.25, 0.3) is 16.9 Å². The van der Waals surface area contributed by atoms with Crippen LogP contribution in [0.1, 0.15) is 23.5 Å². The van der Waals surface area contributed by atoms with E-state index in [0.29, 0.717) is 17.3 Å². The minimum absolute atomic E-state index is 0.0864. The van der Waals surface area contributed by atoms with Crippen molar-refractivity contribution >= 4 is 11.7 Å². The number of aromatic nitrogens is 2. The van der Waals surface area contributed by atoms with Gasteiger partial charge in [-0.2, -0.15) is 5.10 Å². The van der Waals surface area contributed by atoms with Gasteiger partial charge >= 0.3 is 0 Å². The van der Waals surface area contributed by atoms with Gasteiger partial charge in [-0.05, 0) is 42.5 Å². The highest BCUT2D eigenvalue weighted by Gasteiger charge is 2.36. The van der Waals surface area contributed by atoms with E-state index in [1.807, 2.05) is 72.8 Å². The second-order valence-corrected chi connectivity index (χ2v) is 8.00. The number of nitrogens with zero attached hydrogens (tertiary/aromatic N) is 2. The number of rotatable bonds is 6. The Morgan fingerprint density at radius 1 is 0.882 bits per heavy atom. The minimum atomic E-state index is -0.268. The molecule has 0 saturated carbocycles. The minimum Gasteiger partial charge on any atom is -0.497 e. The van der Waals surface area contributed by atoms with Crippen molar-refractivity contribution in [2.24, 2.45) is 0 Å². The largest absolute Gasteiger partial charge is 0.497 e. The van der Waals surface area contributed by atoms with Crippen molar-refractivity contribution in [2.75, 3.05) is 26.6 Å². The third-order valence-electron chi connectivity index (χ3n) is 6.09. The van der Waals surface area contributed by atoms with Crippen molar-refractivity contribution in [2.45, 2.75) is 12.3 Å². The molecule has 0 spiro atoms. The van der Waals surface area contributed by atoms with Gasteiger partial charge in [0.2, 0.25) is 5.91 Å². The molecule has 1 aromatic heterocycles. The van der Waals surface area contributed by atoms with E-state index in [9.17, 15) is 4.79 Å². The predicted molar refractivity (Wildman–Crippen MR) is 130 cm³/mol. The lowest BCUT2D eigenvalue weighted by Crippen LogP contribution is -2.25. The quantitative estimate of drug-likeness (QED) is 0.441. The molecule has 1 N–H and O–H groups in total. The molecule has 2 heterocycles. The Kier molecular flexibility index (Phi) is 5.67. The maximum absolute atomic E-state index is 12.9. The molecule has 3 aromatic carbocycles. The molecule has 0 bridgehead atoms. The molecule has 1 atom stereocenters. The van der Waals surface area contributed by atoms with Crippen LogP contribution in [0.15, 0.2) is 72.8 Å². The number of anilines is 1. The smallest absolute Gasteiger partial charge is 0.226 e. The van der Waals surface area contributed by atoms with Crippen LogP contribution >= 0.6 is 0 Å². The summed E-state index contributed by atoms with van der Waals surface area (Å²) >= 11 is 0. The maximum Gasteiger partial charge on any atom is 0.226 e. The van der Waals surface area contributed by atoms with E-state index < -0.39 is 0 Å². The summed E-state index contributed by atoms with van der Waals surface area (Å²) in [6.45, 7) is 0. The molecule has 4 aromatic rings. The average molecular weight is 456 g/mol. The van der Waals surface area contributed by atoms with Gasteiger partial charge in [-0.3, -0.25) is 4.79 Å². The highest BCUT2D eigenvalue weighted by atomic mass is 16.5. The number of carbonyl (C=O) groups excluding carboxylic acids is 1. The van der Waals surface area contributed by atoms with Gasteiger partial charge in [-0.1, -0.05) is 30.3 Å². The number of hydrogen-bond donors (Lipinski definition) is 1. The Morgan fingerprint density at radius 3 is 2.26 bits per heavy atom. The first-order valence-electron chi connectivity index (χ1n) is 11.0. The van der Waals surface area contributed by atoms with Gasteiger partial charge in [-0.25, -0.2) is 4.68 Å². The summed E-state index contributed by atoms with van der Waals surface area (Å²) in [7, 11) is 4.89. The van der Waals surface area contributed by atoms with E-state index in [0.717, 1.165) is 33.8 Å². The van der Waals surface area contributed by atoms with Gasteiger partial charge in [-0.15, -0.1) is 0 Å². The van der Waals surface area contributed by atoms with Crippen molar-refractivity contribution in [1.29, 1.82) is 0 Å². The summed E-state index contributed by atoms with van der Waals surface area (Å²) in [5.74, 6) is 2.44. The Hall–Kier alpha value is -4.26. The fourth-order valence-corrected chi connectivity index (χ4v) is 4.45. The number of ether oxygens (including phenoxy) is 3. The van der Waals surface area contributed by atoms with Crippen molar-refractivity contribution in [3.63, 3.8) is 0 Å². The topological polar surface area (TPSA) is 74.6 Å². The van der Waals surface area contributed by atoms with Crippen LogP contribution in [0.4, 0.5) is 5.82 Å². The lowest BCUT2D eigenvalue weighted by Gasteiger charge is -2.26. The van der Waals surface area contributed by atoms with Crippen molar-refractivity contribution in [1.82, 2.24) is 9.78 Å². The fraction of sp³-hybridized carbons (Fsp3) is 0.185. The Morgan fingerprint density at radius 2 is 1.59 bits per heavy atom. The van der Waals surface area contributed by atoms with E-state index in [2.05, 4.69) is 5.32 Å². The van der Waals surface area contributed by atoms with Gasteiger partial charge in [0.25, 0.3) is 0 Å². The van der Waals surface area contributed by atoms with Crippen LogP contribution in [0.5, 0.6) is 17.2 Å². The van der Waals surface area contributed by atoms with Crippen molar-refractivity contribution < 1.29 is 19.0 Å². The zero-order chi connectivity index (χ0) is 23.7. The van der Waals surface area contributed by atoms with Crippen LogP contribution in [0.2, 0.25) is 0 Å². The predicted octanol–water partition coefficient (Wildman–Crippen LogP) is 5.04. The molecule has 1 aliphatic heterocycles. The zero-order valence-corrected chi connectivity index (χ0v) is 19.2. The fourth-order valence-electron chi connectivity index (χ4n) is 4.45. The molecule has 1 amide bonds. The first-order valence-corrected chi connectivity index (χ1v) is 11.0. The second-order valence-electron chi connectivity index (χ2n) is 8.00. The zero-order valence-electron chi connectivity index (χ0n) is 19.2. The Labute approximate surface area is 197 Å². The van der Waals surface area contributed by atoms with E-state index >= 15 is 0 Å². The Bertz CT molecular complexity index is 1330. The molecule has 0 saturated heterocycles. The van der Waals surface area contributed by atoms with Gasteiger partial charge in [0.15, 0.2) is 0 Å². The SMILES string of the molecule is COc1ccc(-n2nc(-c3ccccc3)c3c2NC(=O)CC3c2cc(OC)ccc2OC)cc1. The monoisotopic (exact) mass is 455 g/mol. The van der Waals surface area contributed by atoms with Crippen molar-refractivity contribution in [3.05, 3.63) is 83.9 Å². The van der Waals surface area contributed by atoms with E-state index in [-0.39, 0.29) is 18.2 Å². The van der Waals surface area contributed by atoms with Gasteiger partial charge in [0.05, 0.1) is 32.7 Å². The molecule has 7 nitrogen and oxygen atoms in total. The van der Waals surface area contributed by atoms with E-state index in [1.54, 1.807) is 26.0 Å². The molecule has 1 unspecified atom stereocenters. The average Bonchev–Trinajstić information content (AvgIpc) is 3.27. The molecular formula is C27H25N3O4. The maximum atomic E-state index is 12.9. The number of hydrogen-bond acceptors (Lipinski definition) is 5. The number of methoxy groups -OCH3 is 3. The van der Waals surface area contributed by atoms with Crippen LogP contribution in [-0.4, -0.2) is 37.0 Å². The van der Waals surface area contributed by atoms with E-state index in [1.165, 1.54) is 0 Å². The van der Waals surface area contributed by atoms with Crippen LogP contribution < -0.4 is 19.5 Å². The number of benzene rings is 3. The standard InChI is InChI=1S/C27H25N3O4/c1-32-19-11-9-18(10-12-19)30-27-25(26(29-30)17-7-5-4-6-8-17)22(16-24(31)28-27)21-15-20(33-2)13-14-23(21)34-3/h4-15,22H,16H2,1-3H3,(H,28,31). The van der Waals surface area contributed by atoms with E-state index in [4.69, 9.17) is 19.3 Å². The molecule has 172 valence electrons. The molecule has 1 aliphatic rings. The molecule has 0 radical (unpaired) electrons. The van der Waals surface area contributed by atoms with Crippen LogP contribution in [-0.2, 0) is 4.79 Å². The Balaban J connectivity index is 1.76. The second kappa shape index (κ2) is 8.94. The first kappa shape index (κ1) is 21.6. The highest BCUT2D eigenvalue weighted by molar-refractivity contribution is 5.97. The number of nitrogens with one attached hydrogen (secondary N) is 1. The molecular weight excluding hydrogens is 430 g/mol. The summed E-state index contributed by atoms with van der Waals surface area (Å²) in [4.78, 5) is 12.9. The van der Waals surface area contributed by atoms with Crippen molar-refractivity contribution in [3.8, 4) is 34.2 Å². The third-order valence-corrected chi connectivity index (χ3v) is 6.09. The number of amides is 1. The summed E-state index contributed by atoms with van der Waals surface area (Å²) in [6.07, 6.45) is 0.269. The van der Waals surface area contributed by atoms with Crippen LogP contribution in [0.3, 0.4) is 0 Å². The third kappa shape index (κ3) is 3.75. The summed E-state index contributed by atoms with van der Waals surface area (Å²) in [6, 6.07) is 23.2. The molecule has 0 aliphatic carbocycles. The lowest BCUT2D eigenvalue weighted by molar-refractivity contribution is -0.116. The first-order chi connectivity index (χ1) is 16.6. The molecule has 34 heavy (non-hydrogen) atoms. The van der Waals surface area contributed by atoms with Gasteiger partial charge < -0.3 is 19.5 Å². The number of carbonyl (C=O) groups is 1. The summed E-state index contributed by atoms with van der Waals surface area (Å²) in [5, 5.41) is 8.05. The normalized spacial score (nSPS) is 14.8. The molecule has 5 rings (SSSR count). The summed E-state index contributed by atoms with van der Waals surface area (Å²) < 4.78 is 18.3. The molecule has 0 fully saturated rings. The van der Waals surface area contributed by atoms with Gasteiger partial charge in [0, 0.05) is 29.0 Å². The van der Waals surface area contributed by atoms with Gasteiger partial charge in [0.1, 0.15) is 23.1 Å². The highest BCUT2D eigenvalue weighted by Crippen LogP contribution is 2.46. The summed E-state index contributed by atoms with van der Waals surface area (Å²) in [5.41, 5.74) is 4.41. The lowest BCUT2D eigenvalue weighted by atomic mass is 9.83. The number of fused-ring (bicyclic) bond motifs is 1. The van der Waals surface area contributed by atoms with Crippen LogP contribution in [0, 0.1) is 0 Å². The molecule has 7 heteroatoms.